The summed E-state index contributed by atoms with van der Waals surface area (Å²) in [4.78, 5) is 4.79. The maximum Gasteiger partial charge on any atom is 0.243 e. The molecule has 160 valence electrons. The Balaban J connectivity index is 1.48. The molecule has 31 heavy (non-hydrogen) atoms. The molecule has 0 saturated carbocycles. The number of ether oxygens (including phenoxy) is 1. The lowest BCUT2D eigenvalue weighted by atomic mass is 10.2. The minimum Gasteiger partial charge on any atom is -0.436 e. The summed E-state index contributed by atoms with van der Waals surface area (Å²) in [6.07, 6.45) is 4.59. The van der Waals surface area contributed by atoms with Crippen LogP contribution in [0.3, 0.4) is 0 Å². The first kappa shape index (κ1) is 20.0. The van der Waals surface area contributed by atoms with E-state index in [4.69, 9.17) is 4.74 Å². The Kier molecular flexibility index (Phi) is 5.11. The smallest absolute Gasteiger partial charge is 0.243 e. The van der Waals surface area contributed by atoms with Crippen molar-refractivity contribution in [2.24, 2.45) is 4.99 Å². The highest BCUT2D eigenvalue weighted by molar-refractivity contribution is 7.89. The number of nitrogens with zero attached hydrogens (tertiary/aromatic N) is 4. The van der Waals surface area contributed by atoms with Crippen molar-refractivity contribution in [3.8, 4) is 11.6 Å². The number of benzene rings is 2. The van der Waals surface area contributed by atoms with Gasteiger partial charge < -0.3 is 4.74 Å². The molecule has 0 atom stereocenters. The molecule has 0 aliphatic carbocycles. The van der Waals surface area contributed by atoms with Crippen LogP contribution < -0.4 is 4.74 Å². The van der Waals surface area contributed by atoms with Crippen LogP contribution in [0.4, 0.5) is 5.69 Å². The van der Waals surface area contributed by atoms with Crippen LogP contribution in [-0.4, -0.2) is 41.8 Å². The molecule has 3 aromatic rings. The quantitative estimate of drug-likeness (QED) is 0.479. The maximum atomic E-state index is 13.1. The first-order valence-corrected chi connectivity index (χ1v) is 11.9. The van der Waals surface area contributed by atoms with Crippen molar-refractivity contribution in [3.05, 3.63) is 65.4 Å². The average Bonchev–Trinajstić information content (AvgIpc) is 2.96. The zero-order chi connectivity index (χ0) is 21.4. The van der Waals surface area contributed by atoms with E-state index in [2.05, 4.69) is 10.1 Å². The van der Waals surface area contributed by atoms with Crippen molar-refractivity contribution >= 4 is 21.9 Å². The summed E-state index contributed by atoms with van der Waals surface area (Å²) in [5, 5.41) is 4.62. The highest BCUT2D eigenvalue weighted by Gasteiger charge is 2.28. The number of aliphatic imine (C=N–C) groups is 1. The van der Waals surface area contributed by atoms with Crippen LogP contribution in [0, 0.1) is 6.92 Å². The third-order valence-electron chi connectivity index (χ3n) is 5.72. The second kappa shape index (κ2) is 7.94. The zero-order valence-electron chi connectivity index (χ0n) is 17.4. The van der Waals surface area contributed by atoms with E-state index in [1.807, 2.05) is 41.9 Å². The normalized spacial score (nSPS) is 16.3. The van der Waals surface area contributed by atoms with Crippen LogP contribution in [0.2, 0.25) is 0 Å². The highest BCUT2D eigenvalue weighted by atomic mass is 32.2. The predicted octanol–water partition coefficient (Wildman–Crippen LogP) is 4.27. The van der Waals surface area contributed by atoms with Gasteiger partial charge in [-0.1, -0.05) is 36.8 Å². The van der Waals surface area contributed by atoms with E-state index in [0.717, 1.165) is 36.1 Å². The van der Waals surface area contributed by atoms with Crippen molar-refractivity contribution in [2.75, 3.05) is 13.1 Å². The Morgan fingerprint density at radius 3 is 2.58 bits per heavy atom. The Hall–Kier alpha value is -2.97. The Bertz CT molecular complexity index is 1240. The van der Waals surface area contributed by atoms with Crippen LogP contribution in [-0.2, 0) is 16.6 Å². The van der Waals surface area contributed by atoms with E-state index in [1.165, 1.54) is 0 Å². The van der Waals surface area contributed by atoms with Gasteiger partial charge >= 0.3 is 0 Å². The molecule has 0 N–H and O–H groups in total. The number of aryl methyl sites for hydroxylation is 1. The molecular formula is C23H24N4O3S. The van der Waals surface area contributed by atoms with Crippen molar-refractivity contribution in [1.82, 2.24) is 14.1 Å². The standard InChI is InChI=1S/C23H24N4O3S/c1-17-20-15-24-21-14-19(31(28,29)26-12-6-3-7-13-26)10-11-22(21)30-23(20)27(25-17)16-18-8-4-2-5-9-18/h2,4-5,8-11,14-15H,3,6-7,12-13,16H2,1H3. The Morgan fingerprint density at radius 2 is 1.81 bits per heavy atom. The summed E-state index contributed by atoms with van der Waals surface area (Å²) < 4.78 is 35.7. The largest absolute Gasteiger partial charge is 0.436 e. The van der Waals surface area contributed by atoms with E-state index in [1.54, 1.807) is 28.7 Å². The molecule has 2 aromatic carbocycles. The number of piperidine rings is 1. The molecule has 0 bridgehead atoms. The average molecular weight is 437 g/mol. The molecule has 2 aliphatic rings. The van der Waals surface area contributed by atoms with Crippen molar-refractivity contribution < 1.29 is 13.2 Å². The van der Waals surface area contributed by atoms with E-state index in [0.29, 0.717) is 37.0 Å². The number of aromatic nitrogens is 2. The lowest BCUT2D eigenvalue weighted by Crippen LogP contribution is -2.35. The third-order valence-corrected chi connectivity index (χ3v) is 7.62. The molecule has 5 rings (SSSR count). The molecule has 0 radical (unpaired) electrons. The molecule has 0 spiro atoms. The van der Waals surface area contributed by atoms with Crippen LogP contribution >= 0.6 is 0 Å². The summed E-state index contributed by atoms with van der Waals surface area (Å²) in [5.41, 5.74) is 3.22. The van der Waals surface area contributed by atoms with Gasteiger partial charge in [0, 0.05) is 19.3 Å². The highest BCUT2D eigenvalue weighted by Crippen LogP contribution is 2.39. The number of fused-ring (bicyclic) bond motifs is 2. The molecular weight excluding hydrogens is 412 g/mol. The second-order valence-corrected chi connectivity index (χ2v) is 9.84. The molecule has 0 unspecified atom stereocenters. The number of sulfonamides is 1. The first-order valence-electron chi connectivity index (χ1n) is 10.5. The molecule has 0 amide bonds. The number of hydrogen-bond donors (Lipinski definition) is 0. The summed E-state index contributed by atoms with van der Waals surface area (Å²) in [6.45, 7) is 3.62. The van der Waals surface area contributed by atoms with Gasteiger partial charge in [0.1, 0.15) is 5.69 Å². The van der Waals surface area contributed by atoms with Gasteiger partial charge in [0.05, 0.1) is 22.7 Å². The SMILES string of the molecule is Cc1nn(Cc2ccccc2)c2c1C=Nc1cc(S(=O)(=O)N3CCCCC3)ccc1O2. The van der Waals surface area contributed by atoms with Crippen LogP contribution in [0.15, 0.2) is 58.4 Å². The van der Waals surface area contributed by atoms with Gasteiger partial charge in [-0.3, -0.25) is 4.99 Å². The van der Waals surface area contributed by atoms with Crippen molar-refractivity contribution in [2.45, 2.75) is 37.6 Å². The second-order valence-electron chi connectivity index (χ2n) is 7.90. The summed E-state index contributed by atoms with van der Waals surface area (Å²) in [7, 11) is -3.53. The minimum absolute atomic E-state index is 0.252. The summed E-state index contributed by atoms with van der Waals surface area (Å²) >= 11 is 0. The minimum atomic E-state index is -3.53. The first-order chi connectivity index (χ1) is 15.0. The van der Waals surface area contributed by atoms with Gasteiger partial charge in [-0.05, 0) is 43.5 Å². The van der Waals surface area contributed by atoms with Gasteiger partial charge in [0.15, 0.2) is 5.75 Å². The fourth-order valence-corrected chi connectivity index (χ4v) is 5.57. The molecule has 3 heterocycles. The van der Waals surface area contributed by atoms with Crippen molar-refractivity contribution in [1.29, 1.82) is 0 Å². The van der Waals surface area contributed by atoms with Gasteiger partial charge in [0.25, 0.3) is 0 Å². The van der Waals surface area contributed by atoms with Crippen LogP contribution in [0.1, 0.15) is 36.1 Å². The molecule has 7 nitrogen and oxygen atoms in total. The monoisotopic (exact) mass is 436 g/mol. The van der Waals surface area contributed by atoms with Gasteiger partial charge in [-0.15, -0.1) is 0 Å². The van der Waals surface area contributed by atoms with Gasteiger partial charge in [-0.2, -0.15) is 9.40 Å². The fraction of sp³-hybridized carbons (Fsp3) is 0.304. The fourth-order valence-electron chi connectivity index (χ4n) is 4.03. The Labute approximate surface area is 182 Å². The van der Waals surface area contributed by atoms with Crippen molar-refractivity contribution in [3.63, 3.8) is 0 Å². The molecule has 1 fully saturated rings. The lowest BCUT2D eigenvalue weighted by molar-refractivity contribution is 0.346. The maximum absolute atomic E-state index is 13.1. The molecule has 1 aromatic heterocycles. The zero-order valence-corrected chi connectivity index (χ0v) is 18.2. The van der Waals surface area contributed by atoms with Crippen LogP contribution in [0.25, 0.3) is 0 Å². The van der Waals surface area contributed by atoms with Gasteiger partial charge in [-0.25, -0.2) is 13.1 Å². The van der Waals surface area contributed by atoms with E-state index in [-0.39, 0.29) is 4.90 Å². The number of rotatable bonds is 4. The number of hydrogen-bond acceptors (Lipinski definition) is 5. The predicted molar refractivity (Wildman–Crippen MR) is 119 cm³/mol. The topological polar surface area (TPSA) is 76.8 Å². The molecule has 2 aliphatic heterocycles. The molecule has 1 saturated heterocycles. The van der Waals surface area contributed by atoms with E-state index >= 15 is 0 Å². The lowest BCUT2D eigenvalue weighted by Gasteiger charge is -2.26. The van der Waals surface area contributed by atoms with Crippen LogP contribution in [0.5, 0.6) is 11.6 Å². The summed E-state index contributed by atoms with van der Waals surface area (Å²) in [6, 6.07) is 14.9. The van der Waals surface area contributed by atoms with E-state index in [9.17, 15) is 8.42 Å². The summed E-state index contributed by atoms with van der Waals surface area (Å²) in [5.74, 6) is 1.12. The Morgan fingerprint density at radius 1 is 1.03 bits per heavy atom. The van der Waals surface area contributed by atoms with E-state index < -0.39 is 10.0 Å². The molecule has 8 heteroatoms. The van der Waals surface area contributed by atoms with Gasteiger partial charge in [0.2, 0.25) is 15.9 Å². The third kappa shape index (κ3) is 3.77.